The zero-order chi connectivity index (χ0) is 32.8. The fraction of sp³-hybridized carbons (Fsp3) is 0.778. The van der Waals surface area contributed by atoms with Crippen molar-refractivity contribution in [3.63, 3.8) is 0 Å². The molecular formula is C27H50N6O10. The molecule has 0 rings (SSSR count). The van der Waals surface area contributed by atoms with Crippen molar-refractivity contribution in [2.45, 2.75) is 52.5 Å². The summed E-state index contributed by atoms with van der Waals surface area (Å²) in [5, 5.41) is 42.3. The average Bonchev–Trinajstić information content (AvgIpc) is 2.87. The van der Waals surface area contributed by atoms with E-state index in [0.717, 1.165) is 12.8 Å². The quantitative estimate of drug-likeness (QED) is 0.0593. The first kappa shape index (κ1) is 39.7. The minimum Gasteiger partial charge on any atom is -0.480 e. The van der Waals surface area contributed by atoms with Gasteiger partial charge in [-0.2, -0.15) is 0 Å². The van der Waals surface area contributed by atoms with Gasteiger partial charge in [0.05, 0.1) is 32.7 Å². The van der Waals surface area contributed by atoms with Crippen LogP contribution in [0.25, 0.3) is 0 Å². The smallest absolute Gasteiger partial charge is 0.317 e. The number of carboxylic acids is 4. The van der Waals surface area contributed by atoms with Crippen molar-refractivity contribution < 1.29 is 49.2 Å². The van der Waals surface area contributed by atoms with Crippen LogP contribution in [0.15, 0.2) is 0 Å². The number of carbonyl (C=O) groups is 6. The molecule has 0 bridgehead atoms. The third-order valence-electron chi connectivity index (χ3n) is 6.50. The highest BCUT2D eigenvalue weighted by molar-refractivity contribution is 5.78. The minimum atomic E-state index is -1.16. The van der Waals surface area contributed by atoms with Crippen molar-refractivity contribution in [1.29, 1.82) is 0 Å². The van der Waals surface area contributed by atoms with E-state index in [1.807, 2.05) is 13.8 Å². The van der Waals surface area contributed by atoms with E-state index < -0.39 is 37.0 Å². The molecule has 16 heteroatoms. The lowest BCUT2D eigenvalue weighted by atomic mass is 10.1. The van der Waals surface area contributed by atoms with Gasteiger partial charge in [-0.15, -0.1) is 0 Å². The Labute approximate surface area is 253 Å². The van der Waals surface area contributed by atoms with E-state index in [4.69, 9.17) is 15.3 Å². The second-order valence-electron chi connectivity index (χ2n) is 10.5. The minimum absolute atomic E-state index is 0.00116. The molecule has 0 spiro atoms. The summed E-state index contributed by atoms with van der Waals surface area (Å²) in [7, 11) is 0. The maximum atomic E-state index is 12.7. The average molecular weight is 619 g/mol. The summed E-state index contributed by atoms with van der Waals surface area (Å²) in [6, 6.07) is 0.0350. The first-order chi connectivity index (χ1) is 20.2. The molecule has 0 saturated carbocycles. The Hall–Kier alpha value is -3.34. The Morgan fingerprint density at radius 2 is 1.05 bits per heavy atom. The van der Waals surface area contributed by atoms with Crippen LogP contribution in [0.1, 0.15) is 46.5 Å². The van der Waals surface area contributed by atoms with Crippen molar-refractivity contribution >= 4 is 35.7 Å². The summed E-state index contributed by atoms with van der Waals surface area (Å²) in [6.07, 6.45) is 2.66. The summed E-state index contributed by atoms with van der Waals surface area (Å²) in [5.41, 5.74) is 0. The normalized spacial score (nSPS) is 12.1. The molecule has 1 atom stereocenters. The number of likely N-dealkylation sites (N-methyl/N-ethyl adjacent to an activating group) is 1. The molecule has 16 nitrogen and oxygen atoms in total. The molecular weight excluding hydrogens is 568 g/mol. The summed E-state index contributed by atoms with van der Waals surface area (Å²) < 4.78 is 0. The van der Waals surface area contributed by atoms with Crippen LogP contribution in [0.4, 0.5) is 0 Å². The second-order valence-corrected chi connectivity index (χ2v) is 10.5. The van der Waals surface area contributed by atoms with Gasteiger partial charge < -0.3 is 31.1 Å². The number of carboxylic acid groups (broad SMARTS) is 4. The monoisotopic (exact) mass is 618 g/mol. The molecule has 0 saturated heterocycles. The Morgan fingerprint density at radius 3 is 1.53 bits per heavy atom. The molecule has 2 amide bonds. The zero-order valence-electron chi connectivity index (χ0n) is 25.6. The van der Waals surface area contributed by atoms with Crippen LogP contribution in [0.3, 0.4) is 0 Å². The molecule has 0 heterocycles. The SMILES string of the molecule is CCN(CCN(CCN(CCCN(CC(=O)O)CC(=O)O)CC(=O)NCCCC[C@@H](C)NC(C)=O)CC(=O)O)CC(=O)O. The Balaban J connectivity index is 5.19. The van der Waals surface area contributed by atoms with Gasteiger partial charge in [-0.05, 0) is 45.7 Å². The second kappa shape index (κ2) is 23.2. The molecule has 0 aliphatic rings. The van der Waals surface area contributed by atoms with Crippen LogP contribution in [0.5, 0.6) is 0 Å². The zero-order valence-corrected chi connectivity index (χ0v) is 25.6. The highest BCUT2D eigenvalue weighted by atomic mass is 16.4. The summed E-state index contributed by atoms with van der Waals surface area (Å²) in [5.74, 6) is -4.68. The fourth-order valence-corrected chi connectivity index (χ4v) is 4.43. The van der Waals surface area contributed by atoms with Crippen molar-refractivity contribution in [3.8, 4) is 0 Å². The number of hydrogen-bond acceptors (Lipinski definition) is 10. The molecule has 0 aromatic rings. The van der Waals surface area contributed by atoms with Crippen molar-refractivity contribution in [2.75, 3.05) is 85.1 Å². The number of rotatable bonds is 27. The van der Waals surface area contributed by atoms with Gasteiger partial charge in [0.25, 0.3) is 0 Å². The number of hydrogen-bond donors (Lipinski definition) is 6. The van der Waals surface area contributed by atoms with Gasteiger partial charge in [-0.1, -0.05) is 6.92 Å². The van der Waals surface area contributed by atoms with Gasteiger partial charge in [-0.25, -0.2) is 0 Å². The number of aliphatic carboxylic acids is 4. The van der Waals surface area contributed by atoms with Crippen LogP contribution in [-0.2, 0) is 28.8 Å². The third-order valence-corrected chi connectivity index (χ3v) is 6.50. The van der Waals surface area contributed by atoms with Crippen molar-refractivity contribution in [3.05, 3.63) is 0 Å². The van der Waals surface area contributed by atoms with Crippen LogP contribution >= 0.6 is 0 Å². The summed E-state index contributed by atoms with van der Waals surface area (Å²) in [6.45, 7) is 6.50. The number of unbranched alkanes of at least 4 members (excludes halogenated alkanes) is 1. The Bertz CT molecular complexity index is 874. The summed E-state index contributed by atoms with van der Waals surface area (Å²) >= 11 is 0. The highest BCUT2D eigenvalue weighted by Gasteiger charge is 2.18. The maximum Gasteiger partial charge on any atom is 0.317 e. The first-order valence-electron chi connectivity index (χ1n) is 14.5. The summed E-state index contributed by atoms with van der Waals surface area (Å²) in [4.78, 5) is 75.0. The molecule has 0 aromatic heterocycles. The van der Waals surface area contributed by atoms with Crippen LogP contribution in [0, 0.1) is 0 Å². The van der Waals surface area contributed by atoms with Crippen molar-refractivity contribution in [1.82, 2.24) is 30.2 Å². The standard InChI is InChI=1S/C27H50N6O10/c1-4-30(17-24(36)37)12-13-32(18-25(38)39)15-14-31(10-7-11-33(19-26(40)41)20-27(42)43)16-23(35)28-9-6-5-8-21(2)29-22(3)34/h21H,4-20H2,1-3H3,(H,28,35)(H,29,34)(H,36,37)(H,38,39)(H,40,41)(H,42,43)/t21-/m1/s1. The van der Waals surface area contributed by atoms with Gasteiger partial charge in [-0.3, -0.25) is 48.4 Å². The topological polar surface area (TPSA) is 220 Å². The molecule has 0 radical (unpaired) electrons. The van der Waals surface area contributed by atoms with Crippen LogP contribution < -0.4 is 10.6 Å². The van der Waals surface area contributed by atoms with Gasteiger partial charge in [0, 0.05) is 52.2 Å². The lowest BCUT2D eigenvalue weighted by Gasteiger charge is -2.29. The highest BCUT2D eigenvalue weighted by Crippen LogP contribution is 2.02. The molecule has 6 N–H and O–H groups in total. The molecule has 0 aliphatic heterocycles. The fourth-order valence-electron chi connectivity index (χ4n) is 4.43. The Kier molecular flexibility index (Phi) is 21.4. The van der Waals surface area contributed by atoms with Crippen molar-refractivity contribution in [2.24, 2.45) is 0 Å². The molecule has 0 aromatic carbocycles. The molecule has 0 unspecified atom stereocenters. The number of nitrogens with zero attached hydrogens (tertiary/aromatic N) is 4. The van der Waals surface area contributed by atoms with Gasteiger partial charge in [0.1, 0.15) is 0 Å². The van der Waals surface area contributed by atoms with E-state index in [1.54, 1.807) is 14.7 Å². The largest absolute Gasteiger partial charge is 0.480 e. The Morgan fingerprint density at radius 1 is 0.605 bits per heavy atom. The van der Waals surface area contributed by atoms with E-state index in [-0.39, 0.29) is 50.6 Å². The predicted octanol–water partition coefficient (Wildman–Crippen LogP) is -1.25. The molecule has 0 fully saturated rings. The van der Waals surface area contributed by atoms with Gasteiger partial charge in [0.15, 0.2) is 0 Å². The van der Waals surface area contributed by atoms with Crippen LogP contribution in [0.2, 0.25) is 0 Å². The van der Waals surface area contributed by atoms with E-state index >= 15 is 0 Å². The number of amides is 2. The molecule has 248 valence electrons. The number of nitrogens with one attached hydrogen (secondary N) is 2. The molecule has 0 aliphatic carbocycles. The third kappa shape index (κ3) is 23.9. The van der Waals surface area contributed by atoms with E-state index in [1.165, 1.54) is 11.8 Å². The number of carbonyl (C=O) groups excluding carboxylic acids is 2. The lowest BCUT2D eigenvalue weighted by molar-refractivity contribution is -0.142. The predicted molar refractivity (Wildman–Crippen MR) is 157 cm³/mol. The molecule has 43 heavy (non-hydrogen) atoms. The van der Waals surface area contributed by atoms with E-state index in [0.29, 0.717) is 52.1 Å². The maximum absolute atomic E-state index is 12.7. The van der Waals surface area contributed by atoms with Crippen LogP contribution in [-0.4, -0.2) is 167 Å². The van der Waals surface area contributed by atoms with Gasteiger partial charge >= 0.3 is 23.9 Å². The van der Waals surface area contributed by atoms with E-state index in [2.05, 4.69) is 10.6 Å². The first-order valence-corrected chi connectivity index (χ1v) is 14.5. The lowest BCUT2D eigenvalue weighted by Crippen LogP contribution is -2.45. The van der Waals surface area contributed by atoms with E-state index in [9.17, 15) is 33.9 Å². The van der Waals surface area contributed by atoms with Gasteiger partial charge in [0.2, 0.25) is 11.8 Å².